The molecule has 268 valence electrons. The fraction of sp³-hybridized carbons (Fsp3) is 0.944. The smallest absolute Gasteiger partial charge is 0.305 e. The van der Waals surface area contributed by atoms with E-state index in [1.807, 2.05) is 0 Å². The standard InChI is InChI=1S/C36H70O9/c1-3-5-7-9-10-11-12-13-14-15-16-18-20-22-36(38)45-34-32-43-30-28-41-26-24-39-23-25-40-27-29-42-31-33-44-35(37)21-19-17-8-6-4-2/h3-34H2,1-2H3. The Kier molecular flexibility index (Phi) is 37.8. The Labute approximate surface area is 276 Å². The van der Waals surface area contributed by atoms with E-state index in [1.54, 1.807) is 0 Å². The van der Waals surface area contributed by atoms with Crippen molar-refractivity contribution in [2.24, 2.45) is 0 Å². The van der Waals surface area contributed by atoms with E-state index in [2.05, 4.69) is 13.8 Å². The molecular weight excluding hydrogens is 576 g/mol. The van der Waals surface area contributed by atoms with E-state index >= 15 is 0 Å². The van der Waals surface area contributed by atoms with Crippen LogP contribution in [0.1, 0.15) is 142 Å². The molecule has 45 heavy (non-hydrogen) atoms. The third-order valence-electron chi connectivity index (χ3n) is 7.44. The molecule has 9 nitrogen and oxygen atoms in total. The highest BCUT2D eigenvalue weighted by Crippen LogP contribution is 2.13. The predicted octanol–water partition coefficient (Wildman–Crippen LogP) is 8.00. The molecule has 0 unspecified atom stereocenters. The normalized spacial score (nSPS) is 11.2. The largest absolute Gasteiger partial charge is 0.463 e. The third kappa shape index (κ3) is 38.8. The summed E-state index contributed by atoms with van der Waals surface area (Å²) in [5, 5.41) is 0. The molecule has 0 aromatic rings. The summed E-state index contributed by atoms with van der Waals surface area (Å²) in [4.78, 5) is 23.4. The minimum Gasteiger partial charge on any atom is -0.463 e. The minimum atomic E-state index is -0.145. The van der Waals surface area contributed by atoms with Gasteiger partial charge in [-0.2, -0.15) is 0 Å². The molecular formula is C36H70O9. The van der Waals surface area contributed by atoms with E-state index in [0.717, 1.165) is 25.7 Å². The quantitative estimate of drug-likeness (QED) is 0.0488. The molecule has 0 N–H and O–H groups in total. The van der Waals surface area contributed by atoms with Gasteiger partial charge in [-0.05, 0) is 12.8 Å². The molecule has 0 aromatic heterocycles. The summed E-state index contributed by atoms with van der Waals surface area (Å²) in [5.74, 6) is -0.277. The van der Waals surface area contributed by atoms with Gasteiger partial charge in [-0.3, -0.25) is 9.59 Å². The lowest BCUT2D eigenvalue weighted by Crippen LogP contribution is -2.15. The molecule has 0 spiro atoms. The Morgan fingerprint density at radius 2 is 0.533 bits per heavy atom. The third-order valence-corrected chi connectivity index (χ3v) is 7.44. The Bertz CT molecular complexity index is 603. The van der Waals surface area contributed by atoms with Crippen LogP contribution in [0.4, 0.5) is 0 Å². The van der Waals surface area contributed by atoms with Crippen LogP contribution in [0.3, 0.4) is 0 Å². The molecule has 0 rings (SSSR count). The first-order chi connectivity index (χ1) is 22.2. The van der Waals surface area contributed by atoms with Gasteiger partial charge in [-0.15, -0.1) is 0 Å². The second-order valence-corrected chi connectivity index (χ2v) is 11.7. The molecule has 0 fully saturated rings. The molecule has 0 aliphatic rings. The summed E-state index contributed by atoms with van der Waals surface area (Å²) in [6.45, 7) is 9.58. The first-order valence-electron chi connectivity index (χ1n) is 18.4. The average molecular weight is 647 g/mol. The number of unbranched alkanes of at least 4 members (excludes halogenated alkanes) is 16. The van der Waals surface area contributed by atoms with Gasteiger partial charge < -0.3 is 33.2 Å². The number of carbonyl (C=O) groups is 2. The van der Waals surface area contributed by atoms with E-state index < -0.39 is 0 Å². The zero-order valence-electron chi connectivity index (χ0n) is 29.3. The summed E-state index contributed by atoms with van der Waals surface area (Å²) in [6.07, 6.45) is 23.4. The van der Waals surface area contributed by atoms with Crippen LogP contribution >= 0.6 is 0 Å². The SMILES string of the molecule is CCCCCCCCCCCCCCCC(=O)OCCOCCOCCOCCOCCOCCOC(=O)CCCCCCC. The second-order valence-electron chi connectivity index (χ2n) is 11.7. The monoisotopic (exact) mass is 647 g/mol. The fourth-order valence-electron chi connectivity index (χ4n) is 4.71. The average Bonchev–Trinajstić information content (AvgIpc) is 3.04. The first-order valence-corrected chi connectivity index (χ1v) is 18.4. The summed E-state index contributed by atoms with van der Waals surface area (Å²) < 4.78 is 37.7. The predicted molar refractivity (Wildman–Crippen MR) is 180 cm³/mol. The van der Waals surface area contributed by atoms with Crippen molar-refractivity contribution >= 4 is 11.9 Å². The molecule has 0 saturated carbocycles. The van der Waals surface area contributed by atoms with Crippen LogP contribution in [-0.2, 0) is 42.7 Å². The highest BCUT2D eigenvalue weighted by atomic mass is 16.6. The minimum absolute atomic E-state index is 0.132. The summed E-state index contributed by atoms with van der Waals surface area (Å²) >= 11 is 0. The maximum Gasteiger partial charge on any atom is 0.305 e. The van der Waals surface area contributed by atoms with E-state index in [0.29, 0.717) is 78.9 Å². The van der Waals surface area contributed by atoms with Crippen LogP contribution in [0, 0.1) is 0 Å². The molecule has 0 amide bonds. The van der Waals surface area contributed by atoms with Crippen molar-refractivity contribution in [3.8, 4) is 0 Å². The Morgan fingerprint density at radius 3 is 0.800 bits per heavy atom. The van der Waals surface area contributed by atoms with E-state index in [1.165, 1.54) is 89.9 Å². The lowest BCUT2D eigenvalue weighted by Gasteiger charge is -2.08. The zero-order valence-corrected chi connectivity index (χ0v) is 29.3. The molecule has 0 radical (unpaired) electrons. The molecule has 0 aromatic carbocycles. The lowest BCUT2D eigenvalue weighted by atomic mass is 10.0. The zero-order chi connectivity index (χ0) is 32.7. The Morgan fingerprint density at radius 1 is 0.311 bits per heavy atom. The van der Waals surface area contributed by atoms with Crippen molar-refractivity contribution < 1.29 is 42.7 Å². The summed E-state index contributed by atoms with van der Waals surface area (Å²) in [7, 11) is 0. The summed E-state index contributed by atoms with van der Waals surface area (Å²) in [5.41, 5.74) is 0. The van der Waals surface area contributed by atoms with Gasteiger partial charge >= 0.3 is 11.9 Å². The first kappa shape index (κ1) is 43.7. The van der Waals surface area contributed by atoms with Gasteiger partial charge in [0, 0.05) is 12.8 Å². The number of esters is 2. The molecule has 0 aliphatic carbocycles. The van der Waals surface area contributed by atoms with Crippen molar-refractivity contribution in [1.29, 1.82) is 0 Å². The van der Waals surface area contributed by atoms with Crippen LogP contribution in [0.25, 0.3) is 0 Å². The van der Waals surface area contributed by atoms with Crippen molar-refractivity contribution in [3.05, 3.63) is 0 Å². The molecule has 0 atom stereocenters. The van der Waals surface area contributed by atoms with Crippen molar-refractivity contribution in [2.45, 2.75) is 142 Å². The highest BCUT2D eigenvalue weighted by molar-refractivity contribution is 5.69. The van der Waals surface area contributed by atoms with Crippen LogP contribution in [0.2, 0.25) is 0 Å². The number of carbonyl (C=O) groups excluding carboxylic acids is 2. The van der Waals surface area contributed by atoms with Crippen LogP contribution in [0.5, 0.6) is 0 Å². The van der Waals surface area contributed by atoms with Crippen molar-refractivity contribution in [1.82, 2.24) is 0 Å². The second kappa shape index (κ2) is 38.9. The highest BCUT2D eigenvalue weighted by Gasteiger charge is 2.04. The van der Waals surface area contributed by atoms with E-state index in [4.69, 9.17) is 33.2 Å². The molecule has 0 saturated heterocycles. The van der Waals surface area contributed by atoms with Crippen molar-refractivity contribution in [3.63, 3.8) is 0 Å². The van der Waals surface area contributed by atoms with E-state index in [9.17, 15) is 9.59 Å². The van der Waals surface area contributed by atoms with Gasteiger partial charge in [0.05, 0.1) is 66.1 Å². The van der Waals surface area contributed by atoms with Gasteiger partial charge in [-0.25, -0.2) is 0 Å². The van der Waals surface area contributed by atoms with Gasteiger partial charge in [0.25, 0.3) is 0 Å². The molecule has 0 aliphatic heterocycles. The number of ether oxygens (including phenoxy) is 7. The van der Waals surface area contributed by atoms with E-state index in [-0.39, 0.29) is 25.2 Å². The lowest BCUT2D eigenvalue weighted by molar-refractivity contribution is -0.146. The van der Waals surface area contributed by atoms with Gasteiger partial charge in [0.15, 0.2) is 0 Å². The van der Waals surface area contributed by atoms with Gasteiger partial charge in [-0.1, -0.05) is 117 Å². The van der Waals surface area contributed by atoms with Gasteiger partial charge in [0.2, 0.25) is 0 Å². The van der Waals surface area contributed by atoms with Crippen LogP contribution in [0.15, 0.2) is 0 Å². The number of hydrogen-bond acceptors (Lipinski definition) is 9. The molecule has 0 bridgehead atoms. The number of rotatable bonds is 38. The van der Waals surface area contributed by atoms with Crippen molar-refractivity contribution in [2.75, 3.05) is 79.3 Å². The Hall–Kier alpha value is -1.26. The maximum atomic E-state index is 11.8. The number of hydrogen-bond donors (Lipinski definition) is 0. The Balaban J connectivity index is 3.18. The molecule has 0 heterocycles. The molecule has 9 heteroatoms. The topological polar surface area (TPSA) is 98.8 Å². The van der Waals surface area contributed by atoms with Crippen LogP contribution < -0.4 is 0 Å². The fourth-order valence-corrected chi connectivity index (χ4v) is 4.71. The van der Waals surface area contributed by atoms with Crippen LogP contribution in [-0.4, -0.2) is 91.2 Å². The maximum absolute atomic E-state index is 11.8. The van der Waals surface area contributed by atoms with Gasteiger partial charge in [0.1, 0.15) is 13.2 Å². The summed E-state index contributed by atoms with van der Waals surface area (Å²) in [6, 6.07) is 0.